The van der Waals surface area contributed by atoms with Gasteiger partial charge < -0.3 is 4.90 Å². The van der Waals surface area contributed by atoms with Gasteiger partial charge in [0, 0.05) is 26.2 Å². The molecule has 0 aromatic carbocycles. The molecule has 2 saturated heterocycles. The van der Waals surface area contributed by atoms with E-state index >= 15 is 0 Å². The monoisotopic (exact) mass is 328 g/mol. The number of rotatable bonds is 3. The molecule has 1 aliphatic carbocycles. The van der Waals surface area contributed by atoms with Gasteiger partial charge in [0.1, 0.15) is 0 Å². The van der Waals surface area contributed by atoms with Gasteiger partial charge in [-0.2, -0.15) is 0 Å². The molecule has 3 rings (SSSR count). The molecular weight excluding hydrogens is 300 g/mol. The van der Waals surface area contributed by atoms with Crippen molar-refractivity contribution >= 4 is 15.9 Å². The highest BCUT2D eigenvalue weighted by Crippen LogP contribution is 2.41. The van der Waals surface area contributed by atoms with Crippen LogP contribution in [0, 0.1) is 11.3 Å². The molecule has 0 N–H and O–H groups in total. The molecular formula is C16H28N2O3S. The number of piperidine rings is 1. The molecule has 3 fully saturated rings. The average molecular weight is 328 g/mol. The SMILES string of the molecule is CS(=O)(=O)N1CCC2(CCCN(CC3CCCCC3)C2=O)C1. The number of hydrogen-bond acceptors (Lipinski definition) is 3. The second-order valence-electron chi connectivity index (χ2n) is 7.49. The molecule has 1 atom stereocenters. The second kappa shape index (κ2) is 6.11. The summed E-state index contributed by atoms with van der Waals surface area (Å²) < 4.78 is 25.0. The van der Waals surface area contributed by atoms with E-state index in [9.17, 15) is 13.2 Å². The molecule has 1 unspecified atom stereocenters. The highest BCUT2D eigenvalue weighted by Gasteiger charge is 2.50. The second-order valence-corrected chi connectivity index (χ2v) is 9.47. The van der Waals surface area contributed by atoms with E-state index in [4.69, 9.17) is 0 Å². The fourth-order valence-corrected chi connectivity index (χ4v) is 5.41. The van der Waals surface area contributed by atoms with E-state index in [0.717, 1.165) is 25.9 Å². The maximum Gasteiger partial charge on any atom is 0.230 e. The standard InChI is InChI=1S/C16H28N2O3S/c1-22(20,21)18-11-9-16(13-18)8-5-10-17(15(16)19)12-14-6-3-2-4-7-14/h14H,2-13H2,1H3. The molecule has 3 aliphatic rings. The van der Waals surface area contributed by atoms with E-state index in [2.05, 4.69) is 0 Å². The van der Waals surface area contributed by atoms with Crippen LogP contribution in [-0.4, -0.2) is 56.0 Å². The summed E-state index contributed by atoms with van der Waals surface area (Å²) in [7, 11) is -3.18. The predicted octanol–water partition coefficient (Wildman–Crippen LogP) is 1.84. The lowest BCUT2D eigenvalue weighted by Gasteiger charge is -2.41. The molecule has 1 saturated carbocycles. The van der Waals surface area contributed by atoms with Gasteiger partial charge in [-0.15, -0.1) is 0 Å². The summed E-state index contributed by atoms with van der Waals surface area (Å²) in [5.74, 6) is 0.871. The van der Waals surface area contributed by atoms with Crippen molar-refractivity contribution in [1.29, 1.82) is 0 Å². The van der Waals surface area contributed by atoms with Crippen LogP contribution in [0.15, 0.2) is 0 Å². The summed E-state index contributed by atoms with van der Waals surface area (Å²) in [6.07, 6.45) is 10.2. The number of nitrogens with zero attached hydrogens (tertiary/aromatic N) is 2. The Labute approximate surface area is 134 Å². The Morgan fingerprint density at radius 1 is 1.09 bits per heavy atom. The zero-order valence-electron chi connectivity index (χ0n) is 13.6. The van der Waals surface area contributed by atoms with Crippen molar-refractivity contribution in [2.75, 3.05) is 32.4 Å². The first-order valence-corrected chi connectivity index (χ1v) is 10.5. The Morgan fingerprint density at radius 2 is 1.82 bits per heavy atom. The number of hydrogen-bond donors (Lipinski definition) is 0. The van der Waals surface area contributed by atoms with E-state index < -0.39 is 15.4 Å². The van der Waals surface area contributed by atoms with Gasteiger partial charge in [-0.1, -0.05) is 19.3 Å². The molecule has 5 nitrogen and oxygen atoms in total. The fraction of sp³-hybridized carbons (Fsp3) is 0.938. The van der Waals surface area contributed by atoms with Gasteiger partial charge in [-0.05, 0) is 38.0 Å². The number of carbonyl (C=O) groups is 1. The first kappa shape index (κ1) is 16.2. The molecule has 0 aromatic rings. The third-order valence-electron chi connectivity index (χ3n) is 5.82. The molecule has 1 spiro atoms. The normalized spacial score (nSPS) is 32.0. The third kappa shape index (κ3) is 3.18. The topological polar surface area (TPSA) is 57.7 Å². The van der Waals surface area contributed by atoms with E-state index in [0.29, 0.717) is 25.4 Å². The van der Waals surface area contributed by atoms with Crippen LogP contribution in [0.3, 0.4) is 0 Å². The van der Waals surface area contributed by atoms with Gasteiger partial charge >= 0.3 is 0 Å². The summed E-state index contributed by atoms with van der Waals surface area (Å²) in [5.41, 5.74) is -0.435. The van der Waals surface area contributed by atoms with E-state index in [1.165, 1.54) is 42.7 Å². The van der Waals surface area contributed by atoms with Gasteiger partial charge in [-0.25, -0.2) is 12.7 Å². The quantitative estimate of drug-likeness (QED) is 0.794. The molecule has 6 heteroatoms. The van der Waals surface area contributed by atoms with Crippen LogP contribution in [0.5, 0.6) is 0 Å². The molecule has 0 bridgehead atoms. The number of sulfonamides is 1. The zero-order valence-corrected chi connectivity index (χ0v) is 14.4. The van der Waals surface area contributed by atoms with Crippen LogP contribution >= 0.6 is 0 Å². The van der Waals surface area contributed by atoms with Crippen molar-refractivity contribution in [2.24, 2.45) is 11.3 Å². The molecule has 0 aromatic heterocycles. The molecule has 0 radical (unpaired) electrons. The molecule has 1 amide bonds. The number of amides is 1. The maximum absolute atomic E-state index is 13.0. The fourth-order valence-electron chi connectivity index (χ4n) is 4.50. The smallest absolute Gasteiger partial charge is 0.230 e. The minimum Gasteiger partial charge on any atom is -0.342 e. The first-order valence-electron chi connectivity index (χ1n) is 8.65. The lowest BCUT2D eigenvalue weighted by Crippen LogP contribution is -2.51. The Balaban J connectivity index is 1.67. The summed E-state index contributed by atoms with van der Waals surface area (Å²) in [4.78, 5) is 15.0. The minimum atomic E-state index is -3.18. The van der Waals surface area contributed by atoms with Crippen LogP contribution in [0.2, 0.25) is 0 Å². The molecule has 2 heterocycles. The Kier molecular flexibility index (Phi) is 4.52. The largest absolute Gasteiger partial charge is 0.342 e. The van der Waals surface area contributed by atoms with Crippen LogP contribution in [0.4, 0.5) is 0 Å². The average Bonchev–Trinajstić information content (AvgIpc) is 2.91. The van der Waals surface area contributed by atoms with Crippen LogP contribution in [-0.2, 0) is 14.8 Å². The highest BCUT2D eigenvalue weighted by molar-refractivity contribution is 7.88. The van der Waals surface area contributed by atoms with Crippen LogP contribution in [0.1, 0.15) is 51.4 Å². The number of carbonyl (C=O) groups excluding carboxylic acids is 1. The summed E-state index contributed by atoms with van der Waals surface area (Å²) >= 11 is 0. The van der Waals surface area contributed by atoms with Gasteiger partial charge in [0.2, 0.25) is 15.9 Å². The van der Waals surface area contributed by atoms with Gasteiger partial charge in [0.25, 0.3) is 0 Å². The van der Waals surface area contributed by atoms with Crippen molar-refractivity contribution in [1.82, 2.24) is 9.21 Å². The first-order chi connectivity index (χ1) is 10.4. The molecule has 2 aliphatic heterocycles. The maximum atomic E-state index is 13.0. The van der Waals surface area contributed by atoms with Crippen LogP contribution in [0.25, 0.3) is 0 Å². The van der Waals surface area contributed by atoms with Crippen molar-refractivity contribution in [3.63, 3.8) is 0 Å². The van der Waals surface area contributed by atoms with Crippen molar-refractivity contribution in [3.8, 4) is 0 Å². The molecule has 22 heavy (non-hydrogen) atoms. The zero-order chi connectivity index (χ0) is 15.8. The lowest BCUT2D eigenvalue weighted by molar-refractivity contribution is -0.146. The number of likely N-dealkylation sites (tertiary alicyclic amines) is 1. The van der Waals surface area contributed by atoms with E-state index in [-0.39, 0.29) is 5.91 Å². The van der Waals surface area contributed by atoms with Crippen LogP contribution < -0.4 is 0 Å². The summed E-state index contributed by atoms with van der Waals surface area (Å²) in [6.45, 7) is 2.64. The van der Waals surface area contributed by atoms with E-state index in [1.54, 1.807) is 0 Å². The van der Waals surface area contributed by atoms with Crippen molar-refractivity contribution in [2.45, 2.75) is 51.4 Å². The Hall–Kier alpha value is -0.620. The van der Waals surface area contributed by atoms with Crippen molar-refractivity contribution < 1.29 is 13.2 Å². The highest BCUT2D eigenvalue weighted by atomic mass is 32.2. The lowest BCUT2D eigenvalue weighted by atomic mass is 9.77. The molecule has 126 valence electrons. The van der Waals surface area contributed by atoms with Gasteiger partial charge in [0.05, 0.1) is 11.7 Å². The van der Waals surface area contributed by atoms with Crippen molar-refractivity contribution in [3.05, 3.63) is 0 Å². The van der Waals surface area contributed by atoms with E-state index in [1.807, 2.05) is 4.90 Å². The predicted molar refractivity (Wildman–Crippen MR) is 85.9 cm³/mol. The van der Waals surface area contributed by atoms with Gasteiger partial charge in [-0.3, -0.25) is 4.79 Å². The summed E-state index contributed by atoms with van der Waals surface area (Å²) in [6, 6.07) is 0. The minimum absolute atomic E-state index is 0.218. The summed E-state index contributed by atoms with van der Waals surface area (Å²) in [5, 5.41) is 0. The Morgan fingerprint density at radius 3 is 2.45 bits per heavy atom. The third-order valence-corrected chi connectivity index (χ3v) is 7.07. The van der Waals surface area contributed by atoms with Gasteiger partial charge in [0.15, 0.2) is 0 Å². The Bertz CT molecular complexity index is 528.